The van der Waals surface area contributed by atoms with Crippen molar-refractivity contribution in [2.24, 2.45) is 0 Å². The Balaban J connectivity index is 4.26. The van der Waals surface area contributed by atoms with Gasteiger partial charge in [-0.25, -0.2) is 0 Å². The van der Waals surface area contributed by atoms with Crippen molar-refractivity contribution in [3.63, 3.8) is 0 Å². The Morgan fingerprint density at radius 2 is 0.470 bits per heavy atom. The quantitative estimate of drug-likeness (QED) is 0.0261. The van der Waals surface area contributed by atoms with Gasteiger partial charge in [0.25, 0.3) is 0 Å². The number of rotatable bonds is 65. The summed E-state index contributed by atoms with van der Waals surface area (Å²) in [5, 5.41) is 0. The lowest BCUT2D eigenvalue weighted by molar-refractivity contribution is -0.167. The van der Waals surface area contributed by atoms with Crippen molar-refractivity contribution >= 4 is 17.9 Å². The first-order valence-corrected chi connectivity index (χ1v) is 35.7. The molecule has 0 aliphatic rings. The molecule has 83 heavy (non-hydrogen) atoms. The summed E-state index contributed by atoms with van der Waals surface area (Å²) >= 11 is 0. The molecular formula is C77H134O6. The van der Waals surface area contributed by atoms with Gasteiger partial charge in [-0.15, -0.1) is 0 Å². The minimum atomic E-state index is -0.805. The maximum atomic E-state index is 12.9. The standard InChI is InChI=1S/C77H134O6/c1-4-7-10-13-16-19-22-25-27-29-31-33-34-35-36-37-38-39-40-41-42-44-45-47-49-52-55-58-61-64-67-70-76(79)82-73-74(72-81-75(78)69-66-63-60-57-54-51-24-21-18-15-12-9-6-3)83-77(80)71-68-65-62-59-56-53-50-48-46-43-32-30-28-26-23-20-17-14-11-8-5-2/h8,11,17,20-21,24,26,28-29,31-32,43,48,50,56,59,74H,4-7,9-10,12-16,18-19,22-23,25,27,30,33-42,44-47,49,51-55,57-58,60-73H2,1-3H3/b11-8-,20-17-,24-21-,28-26-,31-29-,43-32-,50-48-,59-56-. The molecule has 0 aromatic carbocycles. The van der Waals surface area contributed by atoms with Crippen LogP contribution < -0.4 is 0 Å². The smallest absolute Gasteiger partial charge is 0.306 e. The highest BCUT2D eigenvalue weighted by atomic mass is 16.6. The summed E-state index contributed by atoms with van der Waals surface area (Å²) in [5.74, 6) is -0.935. The van der Waals surface area contributed by atoms with Crippen molar-refractivity contribution in [3.05, 3.63) is 97.2 Å². The van der Waals surface area contributed by atoms with Crippen LogP contribution in [0.15, 0.2) is 97.2 Å². The van der Waals surface area contributed by atoms with Crippen LogP contribution in [0.2, 0.25) is 0 Å². The Hall–Kier alpha value is -3.67. The monoisotopic (exact) mass is 1160 g/mol. The lowest BCUT2D eigenvalue weighted by Crippen LogP contribution is -2.30. The SMILES string of the molecule is CC/C=C\C/C=C\C/C=C\C/C=C\C/C=C\C/C=C\CCCCC(=O)OC(COC(=O)CCCCCCC/C=C\CCCCCC)COC(=O)CCCCCCCCCCCCCCCCCCCCC/C=C\CCCCCCCCCC. The van der Waals surface area contributed by atoms with E-state index in [4.69, 9.17) is 14.2 Å². The molecule has 6 nitrogen and oxygen atoms in total. The van der Waals surface area contributed by atoms with Gasteiger partial charge in [-0.2, -0.15) is 0 Å². The summed E-state index contributed by atoms with van der Waals surface area (Å²) < 4.78 is 16.9. The molecule has 6 heteroatoms. The van der Waals surface area contributed by atoms with Crippen molar-refractivity contribution in [2.45, 2.75) is 361 Å². The molecule has 1 unspecified atom stereocenters. The minimum Gasteiger partial charge on any atom is -0.462 e. The second kappa shape index (κ2) is 70.8. The molecule has 0 N–H and O–H groups in total. The van der Waals surface area contributed by atoms with E-state index < -0.39 is 6.10 Å². The number of hydrogen-bond donors (Lipinski definition) is 0. The summed E-state index contributed by atoms with van der Waals surface area (Å²) in [6.07, 6.45) is 96.0. The Kier molecular flexibility index (Phi) is 67.7. The van der Waals surface area contributed by atoms with Gasteiger partial charge in [0.15, 0.2) is 6.10 Å². The molecule has 0 bridgehead atoms. The fraction of sp³-hybridized carbons (Fsp3) is 0.753. The zero-order chi connectivity index (χ0) is 59.9. The van der Waals surface area contributed by atoms with Crippen molar-refractivity contribution < 1.29 is 28.6 Å². The molecule has 478 valence electrons. The summed E-state index contributed by atoms with van der Waals surface area (Å²) in [6.45, 7) is 6.51. The third kappa shape index (κ3) is 69.0. The molecule has 0 radical (unpaired) electrons. The Morgan fingerprint density at radius 1 is 0.253 bits per heavy atom. The predicted octanol–water partition coefficient (Wildman–Crippen LogP) is 24.8. The van der Waals surface area contributed by atoms with Crippen LogP contribution in [0.25, 0.3) is 0 Å². The number of carbonyl (C=O) groups excluding carboxylic acids is 3. The number of unbranched alkanes of at least 4 members (excludes halogenated alkanes) is 38. The largest absolute Gasteiger partial charge is 0.462 e. The minimum absolute atomic E-state index is 0.0956. The van der Waals surface area contributed by atoms with Gasteiger partial charge in [-0.05, 0) is 122 Å². The van der Waals surface area contributed by atoms with Crippen LogP contribution in [0.5, 0.6) is 0 Å². The van der Waals surface area contributed by atoms with Crippen LogP contribution in [0.4, 0.5) is 0 Å². The molecule has 0 aliphatic heterocycles. The van der Waals surface area contributed by atoms with Crippen LogP contribution in [-0.4, -0.2) is 37.2 Å². The van der Waals surface area contributed by atoms with E-state index in [2.05, 4.69) is 118 Å². The Bertz CT molecular complexity index is 1610. The van der Waals surface area contributed by atoms with E-state index in [-0.39, 0.29) is 37.5 Å². The van der Waals surface area contributed by atoms with E-state index in [1.807, 2.05) is 0 Å². The third-order valence-corrected chi connectivity index (χ3v) is 15.5. The lowest BCUT2D eigenvalue weighted by Gasteiger charge is -2.18. The van der Waals surface area contributed by atoms with Crippen molar-refractivity contribution in [2.75, 3.05) is 13.2 Å². The zero-order valence-electron chi connectivity index (χ0n) is 54.9. The van der Waals surface area contributed by atoms with Crippen LogP contribution in [0.1, 0.15) is 355 Å². The first-order chi connectivity index (χ1) is 41.0. The summed E-state index contributed by atoms with van der Waals surface area (Å²) in [7, 11) is 0. The van der Waals surface area contributed by atoms with Crippen LogP contribution in [0.3, 0.4) is 0 Å². The molecule has 0 heterocycles. The van der Waals surface area contributed by atoms with Gasteiger partial charge in [0.2, 0.25) is 0 Å². The molecule has 0 rings (SSSR count). The molecule has 0 saturated heterocycles. The van der Waals surface area contributed by atoms with Crippen LogP contribution in [0, 0.1) is 0 Å². The number of ether oxygens (including phenoxy) is 3. The van der Waals surface area contributed by atoms with Gasteiger partial charge in [-0.3, -0.25) is 14.4 Å². The number of esters is 3. The molecule has 0 saturated carbocycles. The maximum Gasteiger partial charge on any atom is 0.306 e. The summed E-state index contributed by atoms with van der Waals surface area (Å²) in [5.41, 5.74) is 0. The predicted molar refractivity (Wildman–Crippen MR) is 362 cm³/mol. The molecule has 0 amide bonds. The van der Waals surface area contributed by atoms with E-state index in [1.165, 1.54) is 212 Å². The van der Waals surface area contributed by atoms with Crippen LogP contribution >= 0.6 is 0 Å². The van der Waals surface area contributed by atoms with E-state index in [0.29, 0.717) is 19.3 Å². The lowest BCUT2D eigenvalue weighted by atomic mass is 10.0. The Labute approximate surface area is 515 Å². The first kappa shape index (κ1) is 79.3. The molecule has 0 aromatic heterocycles. The normalized spacial score (nSPS) is 12.7. The van der Waals surface area contributed by atoms with Crippen molar-refractivity contribution in [3.8, 4) is 0 Å². The molecular weight excluding hydrogens is 1020 g/mol. The van der Waals surface area contributed by atoms with Crippen molar-refractivity contribution in [1.29, 1.82) is 0 Å². The highest BCUT2D eigenvalue weighted by molar-refractivity contribution is 5.71. The number of carbonyl (C=O) groups is 3. The highest BCUT2D eigenvalue weighted by Crippen LogP contribution is 2.17. The average Bonchev–Trinajstić information content (AvgIpc) is 3.49. The molecule has 1 atom stereocenters. The zero-order valence-corrected chi connectivity index (χ0v) is 54.9. The second-order valence-corrected chi connectivity index (χ2v) is 23.8. The van der Waals surface area contributed by atoms with Gasteiger partial charge in [0.1, 0.15) is 13.2 Å². The molecule has 0 aliphatic carbocycles. The molecule has 0 fully saturated rings. The van der Waals surface area contributed by atoms with Gasteiger partial charge < -0.3 is 14.2 Å². The summed E-state index contributed by atoms with van der Waals surface area (Å²) in [4.78, 5) is 38.4. The van der Waals surface area contributed by atoms with E-state index in [1.54, 1.807) is 0 Å². The Morgan fingerprint density at radius 3 is 0.783 bits per heavy atom. The molecule has 0 aromatic rings. The second-order valence-electron chi connectivity index (χ2n) is 23.8. The van der Waals surface area contributed by atoms with E-state index in [0.717, 1.165) is 96.3 Å². The van der Waals surface area contributed by atoms with Gasteiger partial charge in [0.05, 0.1) is 0 Å². The van der Waals surface area contributed by atoms with Gasteiger partial charge in [-0.1, -0.05) is 311 Å². The maximum absolute atomic E-state index is 12.9. The van der Waals surface area contributed by atoms with Crippen LogP contribution in [-0.2, 0) is 28.6 Å². The van der Waals surface area contributed by atoms with Crippen molar-refractivity contribution in [1.82, 2.24) is 0 Å². The van der Waals surface area contributed by atoms with Gasteiger partial charge in [0, 0.05) is 19.3 Å². The summed E-state index contributed by atoms with van der Waals surface area (Å²) in [6, 6.07) is 0. The topological polar surface area (TPSA) is 78.9 Å². The van der Waals surface area contributed by atoms with E-state index in [9.17, 15) is 14.4 Å². The number of hydrogen-bond acceptors (Lipinski definition) is 6. The average molecular weight is 1160 g/mol. The van der Waals surface area contributed by atoms with Gasteiger partial charge >= 0.3 is 17.9 Å². The fourth-order valence-corrected chi connectivity index (χ4v) is 10.2. The third-order valence-electron chi connectivity index (χ3n) is 15.5. The molecule has 0 spiro atoms. The number of allylic oxidation sites excluding steroid dienone is 16. The first-order valence-electron chi connectivity index (χ1n) is 35.7. The fourth-order valence-electron chi connectivity index (χ4n) is 10.2. The van der Waals surface area contributed by atoms with E-state index >= 15 is 0 Å². The highest BCUT2D eigenvalue weighted by Gasteiger charge is 2.19.